The summed E-state index contributed by atoms with van der Waals surface area (Å²) in [6, 6.07) is 13.2. The molecule has 20 heavy (non-hydrogen) atoms. The van der Waals surface area contributed by atoms with Gasteiger partial charge in [-0.1, -0.05) is 27.5 Å². The van der Waals surface area contributed by atoms with E-state index in [0.717, 1.165) is 21.7 Å². The molecule has 0 amide bonds. The molecule has 0 bridgehead atoms. The van der Waals surface area contributed by atoms with E-state index in [1.54, 1.807) is 7.11 Å². The summed E-state index contributed by atoms with van der Waals surface area (Å²) in [6.07, 6.45) is 0. The molecule has 0 unspecified atom stereocenters. The van der Waals surface area contributed by atoms with Crippen molar-refractivity contribution in [3.05, 3.63) is 52.0 Å². The lowest BCUT2D eigenvalue weighted by molar-refractivity contribution is 0.332. The van der Waals surface area contributed by atoms with E-state index in [-0.39, 0.29) is 0 Å². The van der Waals surface area contributed by atoms with Gasteiger partial charge in [-0.3, -0.25) is 0 Å². The number of ether oxygens (including phenoxy) is 2. The van der Waals surface area contributed by atoms with Gasteiger partial charge in [-0.2, -0.15) is 0 Å². The number of methoxy groups -OCH3 is 1. The number of nitrogens with one attached hydrogen (secondary N) is 1. The molecule has 3 nitrogen and oxygen atoms in total. The third-order valence-electron chi connectivity index (χ3n) is 2.68. The van der Waals surface area contributed by atoms with Crippen molar-refractivity contribution in [2.75, 3.05) is 25.6 Å². The maximum absolute atomic E-state index is 6.11. The minimum Gasteiger partial charge on any atom is -0.497 e. The summed E-state index contributed by atoms with van der Waals surface area (Å²) in [7, 11) is 1.64. The molecule has 0 heterocycles. The predicted molar refractivity (Wildman–Crippen MR) is 86.1 cm³/mol. The van der Waals surface area contributed by atoms with Crippen LogP contribution in [0, 0.1) is 0 Å². The molecule has 1 N–H and O–H groups in total. The Morgan fingerprint density at radius 2 is 1.80 bits per heavy atom. The van der Waals surface area contributed by atoms with Crippen LogP contribution >= 0.6 is 27.5 Å². The standard InChI is InChI=1S/C15H15BrClNO2/c1-19-12-3-5-13(6-4-12)20-9-8-18-15-7-2-11(16)10-14(15)17/h2-7,10,18H,8-9H2,1H3. The third kappa shape index (κ3) is 4.32. The average molecular weight is 357 g/mol. The van der Waals surface area contributed by atoms with Gasteiger partial charge in [-0.05, 0) is 42.5 Å². The van der Waals surface area contributed by atoms with E-state index in [0.29, 0.717) is 18.2 Å². The fraction of sp³-hybridized carbons (Fsp3) is 0.200. The second-order valence-electron chi connectivity index (χ2n) is 4.07. The molecule has 0 aliphatic carbocycles. The second kappa shape index (κ2) is 7.41. The Kier molecular flexibility index (Phi) is 5.56. The summed E-state index contributed by atoms with van der Waals surface area (Å²) in [5, 5.41) is 3.91. The molecular weight excluding hydrogens is 342 g/mol. The van der Waals surface area contributed by atoms with Crippen molar-refractivity contribution < 1.29 is 9.47 Å². The molecule has 0 saturated carbocycles. The van der Waals surface area contributed by atoms with Gasteiger partial charge in [0.15, 0.2) is 0 Å². The van der Waals surface area contributed by atoms with Gasteiger partial charge in [0.05, 0.1) is 17.8 Å². The van der Waals surface area contributed by atoms with Crippen molar-refractivity contribution in [1.29, 1.82) is 0 Å². The highest BCUT2D eigenvalue weighted by Crippen LogP contribution is 2.25. The fourth-order valence-corrected chi connectivity index (χ4v) is 2.40. The van der Waals surface area contributed by atoms with Crippen LogP contribution < -0.4 is 14.8 Å². The van der Waals surface area contributed by atoms with E-state index in [9.17, 15) is 0 Å². The van der Waals surface area contributed by atoms with Crippen LogP contribution in [0.5, 0.6) is 11.5 Å². The number of benzene rings is 2. The zero-order valence-corrected chi connectivity index (χ0v) is 13.4. The molecule has 0 spiro atoms. The molecule has 2 rings (SSSR count). The van der Waals surface area contributed by atoms with E-state index in [1.807, 2.05) is 42.5 Å². The Bertz CT molecular complexity index is 560. The third-order valence-corrected chi connectivity index (χ3v) is 3.48. The van der Waals surface area contributed by atoms with E-state index in [1.165, 1.54) is 0 Å². The number of anilines is 1. The van der Waals surface area contributed by atoms with Crippen LogP contribution in [0.25, 0.3) is 0 Å². The zero-order valence-electron chi connectivity index (χ0n) is 11.0. The molecule has 0 atom stereocenters. The first-order chi connectivity index (χ1) is 9.69. The van der Waals surface area contributed by atoms with E-state index < -0.39 is 0 Å². The minimum absolute atomic E-state index is 0.554. The average Bonchev–Trinajstić information content (AvgIpc) is 2.46. The van der Waals surface area contributed by atoms with Crippen molar-refractivity contribution in [2.24, 2.45) is 0 Å². The first kappa shape index (κ1) is 15.0. The van der Waals surface area contributed by atoms with Crippen molar-refractivity contribution in [1.82, 2.24) is 0 Å². The van der Waals surface area contributed by atoms with Crippen molar-refractivity contribution >= 4 is 33.2 Å². The molecule has 0 aliphatic heterocycles. The molecule has 5 heteroatoms. The Labute approximate surface area is 132 Å². The Morgan fingerprint density at radius 1 is 1.10 bits per heavy atom. The van der Waals surface area contributed by atoms with E-state index in [4.69, 9.17) is 21.1 Å². The second-order valence-corrected chi connectivity index (χ2v) is 5.40. The predicted octanol–water partition coefficient (Wildman–Crippen LogP) is 4.60. The van der Waals surface area contributed by atoms with Crippen LogP contribution in [0.3, 0.4) is 0 Å². The van der Waals surface area contributed by atoms with Gasteiger partial charge in [0.25, 0.3) is 0 Å². The molecule has 2 aromatic carbocycles. The van der Waals surface area contributed by atoms with Crippen LogP contribution in [-0.2, 0) is 0 Å². The monoisotopic (exact) mass is 355 g/mol. The lowest BCUT2D eigenvalue weighted by Crippen LogP contribution is -2.11. The molecule has 0 aliphatic rings. The van der Waals surface area contributed by atoms with Gasteiger partial charge in [0.1, 0.15) is 18.1 Å². The summed E-state index contributed by atoms with van der Waals surface area (Å²) in [5.74, 6) is 1.63. The fourth-order valence-electron chi connectivity index (χ4n) is 1.66. The van der Waals surface area contributed by atoms with E-state index >= 15 is 0 Å². The number of hydrogen-bond acceptors (Lipinski definition) is 3. The molecule has 0 radical (unpaired) electrons. The van der Waals surface area contributed by atoms with Crippen LogP contribution in [-0.4, -0.2) is 20.3 Å². The SMILES string of the molecule is COc1ccc(OCCNc2ccc(Br)cc2Cl)cc1. The lowest BCUT2D eigenvalue weighted by Gasteiger charge is -2.10. The van der Waals surface area contributed by atoms with E-state index in [2.05, 4.69) is 21.2 Å². The maximum Gasteiger partial charge on any atom is 0.119 e. The quantitative estimate of drug-likeness (QED) is 0.767. The van der Waals surface area contributed by atoms with Gasteiger partial charge in [-0.25, -0.2) is 0 Å². The summed E-state index contributed by atoms with van der Waals surface area (Å²) >= 11 is 9.48. The largest absolute Gasteiger partial charge is 0.497 e. The molecule has 2 aromatic rings. The highest BCUT2D eigenvalue weighted by atomic mass is 79.9. The van der Waals surface area contributed by atoms with Crippen molar-refractivity contribution in [3.8, 4) is 11.5 Å². The zero-order chi connectivity index (χ0) is 14.4. The van der Waals surface area contributed by atoms with Gasteiger partial charge in [-0.15, -0.1) is 0 Å². The van der Waals surface area contributed by atoms with Gasteiger partial charge in [0.2, 0.25) is 0 Å². The normalized spacial score (nSPS) is 10.2. The smallest absolute Gasteiger partial charge is 0.119 e. The molecule has 0 fully saturated rings. The van der Waals surface area contributed by atoms with Crippen molar-refractivity contribution in [2.45, 2.75) is 0 Å². The maximum atomic E-state index is 6.11. The molecular formula is C15H15BrClNO2. The van der Waals surface area contributed by atoms with Gasteiger partial charge < -0.3 is 14.8 Å². The highest BCUT2D eigenvalue weighted by molar-refractivity contribution is 9.10. The number of hydrogen-bond donors (Lipinski definition) is 1. The van der Waals surface area contributed by atoms with Crippen molar-refractivity contribution in [3.63, 3.8) is 0 Å². The Morgan fingerprint density at radius 3 is 2.45 bits per heavy atom. The van der Waals surface area contributed by atoms with Crippen LogP contribution in [0.4, 0.5) is 5.69 Å². The summed E-state index contributed by atoms with van der Waals surface area (Å²) < 4.78 is 11.7. The first-order valence-corrected chi connectivity index (χ1v) is 7.32. The van der Waals surface area contributed by atoms with Crippen LogP contribution in [0.15, 0.2) is 46.9 Å². The van der Waals surface area contributed by atoms with Gasteiger partial charge in [0, 0.05) is 11.0 Å². The highest BCUT2D eigenvalue weighted by Gasteiger charge is 2.00. The molecule has 106 valence electrons. The van der Waals surface area contributed by atoms with Crippen LogP contribution in [0.2, 0.25) is 5.02 Å². The lowest BCUT2D eigenvalue weighted by atomic mass is 10.3. The van der Waals surface area contributed by atoms with Gasteiger partial charge >= 0.3 is 0 Å². The Balaban J connectivity index is 1.78. The first-order valence-electron chi connectivity index (χ1n) is 6.15. The topological polar surface area (TPSA) is 30.5 Å². The molecule has 0 saturated heterocycles. The number of rotatable bonds is 6. The van der Waals surface area contributed by atoms with Crippen LogP contribution in [0.1, 0.15) is 0 Å². The number of halogens is 2. The summed E-state index contributed by atoms with van der Waals surface area (Å²) in [6.45, 7) is 1.23. The minimum atomic E-state index is 0.554. The Hall–Kier alpha value is -1.39. The summed E-state index contributed by atoms with van der Waals surface area (Å²) in [5.41, 5.74) is 0.896. The summed E-state index contributed by atoms with van der Waals surface area (Å²) in [4.78, 5) is 0. The molecule has 0 aromatic heterocycles.